The van der Waals surface area contributed by atoms with Crippen molar-refractivity contribution in [2.75, 3.05) is 0 Å². The van der Waals surface area contributed by atoms with Crippen molar-refractivity contribution in [2.45, 2.75) is 71.1 Å². The van der Waals surface area contributed by atoms with Gasteiger partial charge in [-0.2, -0.15) is 0 Å². The van der Waals surface area contributed by atoms with Gasteiger partial charge in [-0.3, -0.25) is 20.2 Å². The minimum absolute atomic E-state index is 0.187. The second-order valence-corrected chi connectivity index (χ2v) is 6.09. The van der Waals surface area contributed by atoms with Gasteiger partial charge in [-0.1, -0.05) is 44.1 Å². The lowest BCUT2D eigenvalue weighted by Crippen LogP contribution is -2.06. The first kappa shape index (κ1) is 24.4. The van der Waals surface area contributed by atoms with E-state index in [2.05, 4.69) is 19.1 Å². The van der Waals surface area contributed by atoms with Gasteiger partial charge < -0.3 is 4.79 Å². The summed E-state index contributed by atoms with van der Waals surface area (Å²) < 4.78 is 0. The Labute approximate surface area is 160 Å². The highest BCUT2D eigenvalue weighted by atomic mass is 16.6. The van der Waals surface area contributed by atoms with Crippen LogP contribution in [0, 0.1) is 20.2 Å². The SMILES string of the molecule is CCCCC/C=C\C/C=C\C/C=C(\C/C(=C\CCCC=O)[N+](=O)[O-])[N+](=O)[O-]. The number of nitrogens with zero attached hydrogens (tertiary/aromatic N) is 2. The molecule has 0 saturated carbocycles. The molecule has 0 unspecified atom stereocenters. The summed E-state index contributed by atoms with van der Waals surface area (Å²) in [6, 6.07) is 0. The predicted molar refractivity (Wildman–Crippen MR) is 106 cm³/mol. The van der Waals surface area contributed by atoms with Crippen molar-refractivity contribution in [3.05, 3.63) is 68.1 Å². The smallest absolute Gasteiger partial charge is 0.253 e. The number of nitro groups is 2. The van der Waals surface area contributed by atoms with Crippen molar-refractivity contribution >= 4 is 6.29 Å². The summed E-state index contributed by atoms with van der Waals surface area (Å²) in [7, 11) is 0. The van der Waals surface area contributed by atoms with Crippen molar-refractivity contribution in [3.8, 4) is 0 Å². The molecule has 0 rings (SSSR count). The summed E-state index contributed by atoms with van der Waals surface area (Å²) in [6.07, 6.45) is 18.1. The van der Waals surface area contributed by atoms with Crippen LogP contribution in [0.15, 0.2) is 47.9 Å². The average molecular weight is 378 g/mol. The van der Waals surface area contributed by atoms with Crippen LogP contribution in [0.25, 0.3) is 0 Å². The van der Waals surface area contributed by atoms with Crippen LogP contribution in [0.5, 0.6) is 0 Å². The highest BCUT2D eigenvalue weighted by Crippen LogP contribution is 2.15. The molecule has 0 aliphatic rings. The quantitative estimate of drug-likeness (QED) is 0.115. The van der Waals surface area contributed by atoms with Gasteiger partial charge in [-0.15, -0.1) is 0 Å². The van der Waals surface area contributed by atoms with E-state index < -0.39 is 9.85 Å². The molecular formula is C20H30N2O5. The van der Waals surface area contributed by atoms with Gasteiger partial charge in [0.2, 0.25) is 0 Å². The molecule has 0 aromatic heterocycles. The fourth-order valence-corrected chi connectivity index (χ4v) is 2.28. The zero-order valence-corrected chi connectivity index (χ0v) is 16.0. The number of hydrogen-bond donors (Lipinski definition) is 0. The largest absolute Gasteiger partial charge is 0.303 e. The molecule has 0 N–H and O–H groups in total. The Bertz CT molecular complexity index is 577. The molecule has 27 heavy (non-hydrogen) atoms. The van der Waals surface area contributed by atoms with E-state index in [1.807, 2.05) is 12.2 Å². The third-order valence-corrected chi connectivity index (χ3v) is 3.81. The van der Waals surface area contributed by atoms with Crippen LogP contribution in [0.2, 0.25) is 0 Å². The van der Waals surface area contributed by atoms with Crippen LogP contribution >= 0.6 is 0 Å². The van der Waals surface area contributed by atoms with E-state index in [1.54, 1.807) is 0 Å². The van der Waals surface area contributed by atoms with E-state index >= 15 is 0 Å². The van der Waals surface area contributed by atoms with Crippen molar-refractivity contribution in [2.24, 2.45) is 0 Å². The summed E-state index contributed by atoms with van der Waals surface area (Å²) in [5, 5.41) is 22.2. The Balaban J connectivity index is 4.54. The Kier molecular flexibility index (Phi) is 15.3. The molecule has 7 nitrogen and oxygen atoms in total. The Morgan fingerprint density at radius 2 is 1.41 bits per heavy atom. The molecule has 150 valence electrons. The van der Waals surface area contributed by atoms with Crippen molar-refractivity contribution in [3.63, 3.8) is 0 Å². The first-order valence-electron chi connectivity index (χ1n) is 9.43. The van der Waals surface area contributed by atoms with Gasteiger partial charge in [-0.05, 0) is 50.7 Å². The highest BCUT2D eigenvalue weighted by molar-refractivity contribution is 5.49. The second kappa shape index (κ2) is 16.9. The van der Waals surface area contributed by atoms with Crippen LogP contribution in [0.3, 0.4) is 0 Å². The molecule has 0 fully saturated rings. The summed E-state index contributed by atoms with van der Waals surface area (Å²) in [5.41, 5.74) is -0.393. The molecule has 0 heterocycles. The topological polar surface area (TPSA) is 103 Å². The fraction of sp³-hybridized carbons (Fsp3) is 0.550. The molecule has 0 bridgehead atoms. The van der Waals surface area contributed by atoms with Gasteiger partial charge in [0.05, 0.1) is 9.85 Å². The molecule has 0 aliphatic heterocycles. The molecule has 0 amide bonds. The summed E-state index contributed by atoms with van der Waals surface area (Å²) in [6.45, 7) is 2.16. The minimum Gasteiger partial charge on any atom is -0.303 e. The second-order valence-electron chi connectivity index (χ2n) is 6.09. The Morgan fingerprint density at radius 3 is 2.04 bits per heavy atom. The standard InChI is InChI=1S/C20H30N2O5/c1-2-3-4-5-6-7-8-9-10-12-15-19(21(24)25)18-20(22(26)27)16-13-11-14-17-23/h6-7,9-10,15-17H,2-5,8,11-14,18H2,1H3/b7-6-,10-9-,19-15+,20-16+. The van der Waals surface area contributed by atoms with Crippen LogP contribution in [0.4, 0.5) is 0 Å². The zero-order valence-electron chi connectivity index (χ0n) is 16.0. The third-order valence-electron chi connectivity index (χ3n) is 3.81. The van der Waals surface area contributed by atoms with Crippen LogP contribution < -0.4 is 0 Å². The Morgan fingerprint density at radius 1 is 0.778 bits per heavy atom. The zero-order chi connectivity index (χ0) is 20.3. The lowest BCUT2D eigenvalue weighted by Gasteiger charge is -1.98. The van der Waals surface area contributed by atoms with Gasteiger partial charge in [0.1, 0.15) is 12.7 Å². The summed E-state index contributed by atoms with van der Waals surface area (Å²) in [4.78, 5) is 31.3. The van der Waals surface area contributed by atoms with E-state index in [0.717, 1.165) is 19.1 Å². The molecular weight excluding hydrogens is 348 g/mol. The van der Waals surface area contributed by atoms with E-state index in [0.29, 0.717) is 25.7 Å². The summed E-state index contributed by atoms with van der Waals surface area (Å²) in [5.74, 6) is 0. The van der Waals surface area contributed by atoms with E-state index in [4.69, 9.17) is 0 Å². The van der Waals surface area contributed by atoms with Crippen molar-refractivity contribution in [1.29, 1.82) is 0 Å². The highest BCUT2D eigenvalue weighted by Gasteiger charge is 2.20. The van der Waals surface area contributed by atoms with Crippen molar-refractivity contribution in [1.82, 2.24) is 0 Å². The van der Waals surface area contributed by atoms with Gasteiger partial charge in [0, 0.05) is 6.42 Å². The molecule has 0 radical (unpaired) electrons. The van der Waals surface area contributed by atoms with Gasteiger partial charge >= 0.3 is 0 Å². The number of carbonyl (C=O) groups excluding carboxylic acids is 1. The number of carbonyl (C=O) groups is 1. The molecule has 7 heteroatoms. The van der Waals surface area contributed by atoms with E-state index in [1.165, 1.54) is 31.4 Å². The maximum Gasteiger partial charge on any atom is 0.253 e. The molecule has 0 aromatic carbocycles. The average Bonchev–Trinajstić information content (AvgIpc) is 2.63. The van der Waals surface area contributed by atoms with E-state index in [9.17, 15) is 25.0 Å². The monoisotopic (exact) mass is 378 g/mol. The molecule has 0 aliphatic carbocycles. The maximum absolute atomic E-state index is 11.1. The molecule has 0 spiro atoms. The number of aldehydes is 1. The van der Waals surface area contributed by atoms with Gasteiger partial charge in [-0.25, -0.2) is 0 Å². The number of rotatable bonds is 16. The first-order valence-corrected chi connectivity index (χ1v) is 9.43. The molecule has 0 atom stereocenters. The van der Waals surface area contributed by atoms with Gasteiger partial charge in [0.25, 0.3) is 11.4 Å². The summed E-state index contributed by atoms with van der Waals surface area (Å²) >= 11 is 0. The third kappa shape index (κ3) is 14.3. The maximum atomic E-state index is 11.1. The van der Waals surface area contributed by atoms with Crippen molar-refractivity contribution < 1.29 is 14.6 Å². The minimum atomic E-state index is -0.600. The number of hydrogen-bond acceptors (Lipinski definition) is 5. The predicted octanol–water partition coefficient (Wildman–Crippen LogP) is 5.54. The number of unbranched alkanes of at least 4 members (excludes halogenated alkanes) is 5. The number of allylic oxidation sites excluding steroid dienone is 6. The fourth-order valence-electron chi connectivity index (χ4n) is 2.28. The van der Waals surface area contributed by atoms with E-state index in [-0.39, 0.29) is 17.8 Å². The Hall–Kier alpha value is -2.57. The first-order chi connectivity index (χ1) is 13.0. The van der Waals surface area contributed by atoms with Crippen LogP contribution in [0.1, 0.15) is 71.1 Å². The lowest BCUT2D eigenvalue weighted by molar-refractivity contribution is -0.450. The lowest BCUT2D eigenvalue weighted by atomic mass is 10.1. The van der Waals surface area contributed by atoms with Crippen LogP contribution in [-0.4, -0.2) is 16.1 Å². The van der Waals surface area contributed by atoms with Gasteiger partial charge in [0.15, 0.2) is 0 Å². The molecule has 0 aromatic rings. The molecule has 0 saturated heterocycles. The van der Waals surface area contributed by atoms with Crippen LogP contribution in [-0.2, 0) is 4.79 Å². The normalized spacial score (nSPS) is 12.8.